The SMILES string of the molecule is COc1ccc(C(=CC(=O)N2CCOCC2)c2ccc(NC(=O)c3ccc(Cl)cc3)cc2)cc1OC. The number of nitrogens with zero attached hydrogens (tertiary/aromatic N) is 1. The smallest absolute Gasteiger partial charge is 0.255 e. The molecule has 0 aromatic heterocycles. The van der Waals surface area contributed by atoms with Crippen LogP contribution in [-0.4, -0.2) is 57.2 Å². The minimum atomic E-state index is -0.238. The molecular weight excluding hydrogens is 480 g/mol. The number of amides is 2. The largest absolute Gasteiger partial charge is 0.493 e. The number of benzene rings is 3. The Hall–Kier alpha value is -3.81. The van der Waals surface area contributed by atoms with Crippen molar-refractivity contribution in [3.05, 3.63) is 94.5 Å². The number of methoxy groups -OCH3 is 2. The Kier molecular flexibility index (Phi) is 8.25. The first-order chi connectivity index (χ1) is 17.5. The van der Waals surface area contributed by atoms with E-state index >= 15 is 0 Å². The fourth-order valence-corrected chi connectivity index (χ4v) is 4.00. The van der Waals surface area contributed by atoms with Crippen molar-refractivity contribution in [2.75, 3.05) is 45.8 Å². The lowest BCUT2D eigenvalue weighted by Gasteiger charge is -2.26. The molecule has 1 aliphatic rings. The molecule has 3 aromatic rings. The van der Waals surface area contributed by atoms with E-state index in [-0.39, 0.29) is 11.8 Å². The van der Waals surface area contributed by atoms with Gasteiger partial charge in [-0.15, -0.1) is 0 Å². The van der Waals surface area contributed by atoms with Crippen LogP contribution in [-0.2, 0) is 9.53 Å². The number of nitrogens with one attached hydrogen (secondary N) is 1. The van der Waals surface area contributed by atoms with E-state index in [0.717, 1.165) is 16.7 Å². The lowest BCUT2D eigenvalue weighted by atomic mass is 9.96. The lowest BCUT2D eigenvalue weighted by molar-refractivity contribution is -0.129. The van der Waals surface area contributed by atoms with Gasteiger partial charge in [0.25, 0.3) is 5.91 Å². The highest BCUT2D eigenvalue weighted by atomic mass is 35.5. The van der Waals surface area contributed by atoms with Gasteiger partial charge in [-0.2, -0.15) is 0 Å². The maximum absolute atomic E-state index is 13.1. The van der Waals surface area contributed by atoms with Crippen molar-refractivity contribution in [3.8, 4) is 11.5 Å². The zero-order chi connectivity index (χ0) is 25.5. The molecule has 4 rings (SSSR count). The number of hydrogen-bond acceptors (Lipinski definition) is 5. The Balaban J connectivity index is 1.63. The minimum Gasteiger partial charge on any atom is -0.493 e. The van der Waals surface area contributed by atoms with Crippen molar-refractivity contribution >= 4 is 34.7 Å². The van der Waals surface area contributed by atoms with E-state index in [0.29, 0.717) is 54.1 Å². The summed E-state index contributed by atoms with van der Waals surface area (Å²) in [4.78, 5) is 27.4. The standard InChI is InChI=1S/C28H27ClN2O5/c1-34-25-12-7-21(17-26(25)35-2)24(18-27(32)31-13-15-36-16-14-31)19-5-10-23(11-6-19)30-28(33)20-3-8-22(29)9-4-20/h3-12,17-18H,13-16H2,1-2H3,(H,30,33). The van der Waals surface area contributed by atoms with E-state index < -0.39 is 0 Å². The first kappa shape index (κ1) is 25.3. The van der Waals surface area contributed by atoms with Gasteiger partial charge in [-0.1, -0.05) is 29.8 Å². The first-order valence-corrected chi connectivity index (χ1v) is 11.8. The molecule has 3 aromatic carbocycles. The molecule has 1 saturated heterocycles. The zero-order valence-corrected chi connectivity index (χ0v) is 20.9. The quantitative estimate of drug-likeness (QED) is 0.461. The molecule has 0 unspecified atom stereocenters. The molecule has 8 heteroatoms. The molecule has 1 fully saturated rings. The summed E-state index contributed by atoms with van der Waals surface area (Å²) in [6.45, 7) is 2.13. The van der Waals surface area contributed by atoms with Crippen molar-refractivity contribution in [1.82, 2.24) is 4.90 Å². The van der Waals surface area contributed by atoms with Crippen molar-refractivity contribution in [2.45, 2.75) is 0 Å². The molecule has 1 N–H and O–H groups in total. The topological polar surface area (TPSA) is 77.1 Å². The molecular formula is C28H27ClN2O5. The van der Waals surface area contributed by atoms with Crippen LogP contribution in [0.2, 0.25) is 5.02 Å². The second kappa shape index (κ2) is 11.7. The van der Waals surface area contributed by atoms with E-state index in [2.05, 4.69) is 5.32 Å². The highest BCUT2D eigenvalue weighted by Crippen LogP contribution is 2.33. The van der Waals surface area contributed by atoms with Gasteiger partial charge in [0.2, 0.25) is 5.91 Å². The van der Waals surface area contributed by atoms with Gasteiger partial charge in [0.15, 0.2) is 11.5 Å². The number of hydrogen-bond donors (Lipinski definition) is 1. The number of carbonyl (C=O) groups is 2. The normalized spacial score (nSPS) is 13.8. The average Bonchev–Trinajstić information content (AvgIpc) is 2.92. The van der Waals surface area contributed by atoms with Crippen molar-refractivity contribution in [1.29, 1.82) is 0 Å². The fraction of sp³-hybridized carbons (Fsp3) is 0.214. The zero-order valence-electron chi connectivity index (χ0n) is 20.1. The van der Waals surface area contributed by atoms with Gasteiger partial charge in [0.05, 0.1) is 27.4 Å². The summed E-state index contributed by atoms with van der Waals surface area (Å²) in [7, 11) is 3.15. The van der Waals surface area contributed by atoms with Gasteiger partial charge in [-0.3, -0.25) is 9.59 Å². The van der Waals surface area contributed by atoms with E-state index in [9.17, 15) is 9.59 Å². The van der Waals surface area contributed by atoms with Gasteiger partial charge in [-0.05, 0) is 65.2 Å². The van der Waals surface area contributed by atoms with Crippen molar-refractivity contribution in [2.24, 2.45) is 0 Å². The Bertz CT molecular complexity index is 1250. The summed E-state index contributed by atoms with van der Waals surface area (Å²) in [5.74, 6) is 0.827. The number of carbonyl (C=O) groups excluding carboxylic acids is 2. The highest BCUT2D eigenvalue weighted by molar-refractivity contribution is 6.30. The third kappa shape index (κ3) is 6.05. The van der Waals surface area contributed by atoms with Crippen LogP contribution < -0.4 is 14.8 Å². The predicted molar refractivity (Wildman–Crippen MR) is 140 cm³/mol. The molecule has 2 amide bonds. The summed E-state index contributed by atoms with van der Waals surface area (Å²) in [5, 5.41) is 3.45. The summed E-state index contributed by atoms with van der Waals surface area (Å²) >= 11 is 5.91. The van der Waals surface area contributed by atoms with Crippen LogP contribution in [0.15, 0.2) is 72.8 Å². The summed E-state index contributed by atoms with van der Waals surface area (Å²) in [6.07, 6.45) is 1.63. The van der Waals surface area contributed by atoms with Crippen LogP contribution in [0.1, 0.15) is 21.5 Å². The van der Waals surface area contributed by atoms with E-state index in [1.54, 1.807) is 61.6 Å². The van der Waals surface area contributed by atoms with Gasteiger partial charge >= 0.3 is 0 Å². The predicted octanol–water partition coefficient (Wildman–Crippen LogP) is 4.90. The van der Waals surface area contributed by atoms with Crippen LogP contribution >= 0.6 is 11.6 Å². The first-order valence-electron chi connectivity index (χ1n) is 11.5. The van der Waals surface area contributed by atoms with Gasteiger partial charge in [0.1, 0.15) is 0 Å². The minimum absolute atomic E-state index is 0.0943. The Morgan fingerprint density at radius 3 is 2.11 bits per heavy atom. The lowest BCUT2D eigenvalue weighted by Crippen LogP contribution is -2.39. The highest BCUT2D eigenvalue weighted by Gasteiger charge is 2.18. The van der Waals surface area contributed by atoms with Gasteiger partial charge in [0, 0.05) is 35.4 Å². The van der Waals surface area contributed by atoms with Gasteiger partial charge < -0.3 is 24.4 Å². The van der Waals surface area contributed by atoms with Crippen LogP contribution in [0.3, 0.4) is 0 Å². The van der Waals surface area contributed by atoms with E-state index in [1.807, 2.05) is 30.3 Å². The molecule has 0 atom stereocenters. The molecule has 186 valence electrons. The second-order valence-corrected chi connectivity index (χ2v) is 8.54. The number of ether oxygens (including phenoxy) is 3. The van der Waals surface area contributed by atoms with Crippen LogP contribution in [0.25, 0.3) is 5.57 Å². The Morgan fingerprint density at radius 1 is 0.861 bits per heavy atom. The van der Waals surface area contributed by atoms with Crippen molar-refractivity contribution < 1.29 is 23.8 Å². The molecule has 0 saturated carbocycles. The molecule has 0 spiro atoms. The maximum Gasteiger partial charge on any atom is 0.255 e. The van der Waals surface area contributed by atoms with Crippen LogP contribution in [0, 0.1) is 0 Å². The third-order valence-corrected chi connectivity index (χ3v) is 6.10. The summed E-state index contributed by atoms with van der Waals surface area (Å²) in [5.41, 5.74) is 3.47. The number of anilines is 1. The third-order valence-electron chi connectivity index (χ3n) is 5.85. The summed E-state index contributed by atoms with van der Waals surface area (Å²) < 4.78 is 16.2. The number of halogens is 1. The Morgan fingerprint density at radius 2 is 1.47 bits per heavy atom. The molecule has 0 aliphatic carbocycles. The van der Waals surface area contributed by atoms with Crippen LogP contribution in [0.5, 0.6) is 11.5 Å². The summed E-state index contributed by atoms with van der Waals surface area (Å²) in [6, 6.07) is 19.6. The van der Waals surface area contributed by atoms with E-state index in [4.69, 9.17) is 25.8 Å². The van der Waals surface area contributed by atoms with Crippen molar-refractivity contribution in [3.63, 3.8) is 0 Å². The molecule has 36 heavy (non-hydrogen) atoms. The molecule has 0 bridgehead atoms. The number of morpholine rings is 1. The molecule has 1 aliphatic heterocycles. The van der Waals surface area contributed by atoms with Crippen LogP contribution in [0.4, 0.5) is 5.69 Å². The second-order valence-electron chi connectivity index (χ2n) is 8.10. The Labute approximate surface area is 215 Å². The molecule has 7 nitrogen and oxygen atoms in total. The number of rotatable bonds is 7. The average molecular weight is 507 g/mol. The molecule has 0 radical (unpaired) electrons. The molecule has 1 heterocycles. The van der Waals surface area contributed by atoms with E-state index in [1.165, 1.54) is 0 Å². The maximum atomic E-state index is 13.1. The van der Waals surface area contributed by atoms with Gasteiger partial charge in [-0.25, -0.2) is 0 Å². The monoisotopic (exact) mass is 506 g/mol. The fourth-order valence-electron chi connectivity index (χ4n) is 3.87.